The number of carbonyl (C=O) groups excluding carboxylic acids is 2. The molecule has 0 saturated carbocycles. The van der Waals surface area contributed by atoms with E-state index in [1.54, 1.807) is 6.07 Å². The van der Waals surface area contributed by atoms with Crippen molar-refractivity contribution in [3.63, 3.8) is 0 Å². The number of piperidine rings is 1. The Labute approximate surface area is 144 Å². The summed E-state index contributed by atoms with van der Waals surface area (Å²) in [4.78, 5) is 32.7. The molecule has 25 heavy (non-hydrogen) atoms. The number of carbonyl (C=O) groups is 2. The molecular formula is C17H18FN5O2. The molecule has 1 aliphatic rings. The predicted octanol–water partition coefficient (Wildman–Crippen LogP) is 1.35. The van der Waals surface area contributed by atoms with Crippen LogP contribution in [0.4, 0.5) is 10.2 Å². The van der Waals surface area contributed by atoms with Gasteiger partial charge in [-0.25, -0.2) is 14.4 Å². The third kappa shape index (κ3) is 4.16. The fourth-order valence-electron chi connectivity index (χ4n) is 2.64. The fourth-order valence-corrected chi connectivity index (χ4v) is 2.64. The summed E-state index contributed by atoms with van der Waals surface area (Å²) in [7, 11) is 0. The Balaban J connectivity index is 1.75. The van der Waals surface area contributed by atoms with E-state index in [1.165, 1.54) is 30.6 Å². The van der Waals surface area contributed by atoms with Crippen LogP contribution in [0.25, 0.3) is 0 Å². The molecule has 3 rings (SSSR count). The minimum atomic E-state index is -0.686. The molecule has 1 aliphatic heterocycles. The summed E-state index contributed by atoms with van der Waals surface area (Å²) in [6, 6.07) is 5.64. The van der Waals surface area contributed by atoms with Crippen molar-refractivity contribution in [3.8, 4) is 0 Å². The first-order valence-electron chi connectivity index (χ1n) is 8.03. The van der Waals surface area contributed by atoms with Gasteiger partial charge >= 0.3 is 0 Å². The number of halogens is 1. The summed E-state index contributed by atoms with van der Waals surface area (Å²) in [5, 5.41) is 8.57. The predicted molar refractivity (Wildman–Crippen MR) is 89.7 cm³/mol. The summed E-state index contributed by atoms with van der Waals surface area (Å²) in [6.45, 7) is 1.67. The lowest BCUT2D eigenvalue weighted by Crippen LogP contribution is -2.43. The number of hydrogen-bond donors (Lipinski definition) is 3. The highest BCUT2D eigenvalue weighted by Gasteiger charge is 2.21. The van der Waals surface area contributed by atoms with E-state index in [4.69, 9.17) is 0 Å². The topological polar surface area (TPSA) is 96.0 Å². The molecule has 0 atom stereocenters. The zero-order chi connectivity index (χ0) is 17.6. The molecule has 2 heterocycles. The van der Waals surface area contributed by atoms with Crippen molar-refractivity contribution < 1.29 is 14.0 Å². The summed E-state index contributed by atoms with van der Waals surface area (Å²) in [5.41, 5.74) is -0.122. The van der Waals surface area contributed by atoms with Crippen LogP contribution in [0.3, 0.4) is 0 Å². The van der Waals surface area contributed by atoms with Crippen LogP contribution in [0.15, 0.2) is 36.7 Å². The highest BCUT2D eigenvalue weighted by molar-refractivity contribution is 6.07. The summed E-state index contributed by atoms with van der Waals surface area (Å²) < 4.78 is 13.7. The number of amides is 2. The van der Waals surface area contributed by atoms with Gasteiger partial charge in [0.25, 0.3) is 11.8 Å². The number of nitrogens with one attached hydrogen (secondary N) is 3. The van der Waals surface area contributed by atoms with Gasteiger partial charge in [-0.3, -0.25) is 9.59 Å². The SMILES string of the molecule is O=C(Nc1nccnc1C(=O)NC1CCNCC1)c1ccccc1F. The zero-order valence-corrected chi connectivity index (χ0v) is 13.5. The second-order valence-corrected chi connectivity index (χ2v) is 5.69. The van der Waals surface area contributed by atoms with Gasteiger partial charge in [-0.15, -0.1) is 0 Å². The molecule has 7 nitrogen and oxygen atoms in total. The monoisotopic (exact) mass is 343 g/mol. The van der Waals surface area contributed by atoms with Gasteiger partial charge in [0.1, 0.15) is 5.82 Å². The van der Waals surface area contributed by atoms with E-state index < -0.39 is 17.6 Å². The average Bonchev–Trinajstić information content (AvgIpc) is 2.63. The van der Waals surface area contributed by atoms with Crippen molar-refractivity contribution in [1.29, 1.82) is 0 Å². The highest BCUT2D eigenvalue weighted by atomic mass is 19.1. The van der Waals surface area contributed by atoms with E-state index in [0.29, 0.717) is 0 Å². The fraction of sp³-hybridized carbons (Fsp3) is 0.294. The van der Waals surface area contributed by atoms with Crippen LogP contribution in [-0.4, -0.2) is 40.9 Å². The van der Waals surface area contributed by atoms with Crippen LogP contribution in [0, 0.1) is 5.82 Å². The van der Waals surface area contributed by atoms with Crippen molar-refractivity contribution in [1.82, 2.24) is 20.6 Å². The Morgan fingerprint density at radius 1 is 1.08 bits per heavy atom. The summed E-state index contributed by atoms with van der Waals surface area (Å²) in [5.74, 6) is -1.75. The van der Waals surface area contributed by atoms with Crippen molar-refractivity contribution in [3.05, 3.63) is 53.7 Å². The number of anilines is 1. The lowest BCUT2D eigenvalue weighted by Gasteiger charge is -2.23. The van der Waals surface area contributed by atoms with Crippen molar-refractivity contribution in [2.75, 3.05) is 18.4 Å². The Morgan fingerprint density at radius 3 is 2.56 bits per heavy atom. The summed E-state index contributed by atoms with van der Waals surface area (Å²) >= 11 is 0. The lowest BCUT2D eigenvalue weighted by molar-refractivity contribution is 0.0925. The second kappa shape index (κ2) is 7.80. The third-order valence-electron chi connectivity index (χ3n) is 3.94. The van der Waals surface area contributed by atoms with Gasteiger partial charge in [0, 0.05) is 18.4 Å². The molecule has 0 spiro atoms. The van der Waals surface area contributed by atoms with Gasteiger partial charge < -0.3 is 16.0 Å². The van der Waals surface area contributed by atoms with Crippen molar-refractivity contribution in [2.45, 2.75) is 18.9 Å². The van der Waals surface area contributed by atoms with E-state index in [9.17, 15) is 14.0 Å². The van der Waals surface area contributed by atoms with E-state index in [2.05, 4.69) is 25.9 Å². The smallest absolute Gasteiger partial charge is 0.273 e. The van der Waals surface area contributed by atoms with Crippen LogP contribution < -0.4 is 16.0 Å². The van der Waals surface area contributed by atoms with Gasteiger partial charge in [0.2, 0.25) is 0 Å². The third-order valence-corrected chi connectivity index (χ3v) is 3.94. The van der Waals surface area contributed by atoms with Crippen molar-refractivity contribution >= 4 is 17.6 Å². The normalized spacial score (nSPS) is 14.8. The van der Waals surface area contributed by atoms with Gasteiger partial charge in [-0.2, -0.15) is 0 Å². The Hall–Kier alpha value is -2.87. The molecule has 1 saturated heterocycles. The molecule has 0 unspecified atom stereocenters. The number of benzene rings is 1. The maximum Gasteiger partial charge on any atom is 0.273 e. The van der Waals surface area contributed by atoms with Crippen LogP contribution >= 0.6 is 0 Å². The molecule has 1 fully saturated rings. The molecule has 2 amide bonds. The lowest BCUT2D eigenvalue weighted by atomic mass is 10.1. The van der Waals surface area contributed by atoms with Gasteiger partial charge in [0.05, 0.1) is 5.56 Å². The molecule has 1 aromatic heterocycles. The van der Waals surface area contributed by atoms with Crippen molar-refractivity contribution in [2.24, 2.45) is 0 Å². The highest BCUT2D eigenvalue weighted by Crippen LogP contribution is 2.13. The summed E-state index contributed by atoms with van der Waals surface area (Å²) in [6.07, 6.45) is 4.38. The molecular weight excluding hydrogens is 325 g/mol. The second-order valence-electron chi connectivity index (χ2n) is 5.69. The number of aromatic nitrogens is 2. The standard InChI is InChI=1S/C17H18FN5O2/c18-13-4-2-1-3-12(13)16(24)23-15-14(20-9-10-21-15)17(25)22-11-5-7-19-8-6-11/h1-4,9-11,19H,5-8H2,(H,22,25)(H,21,23,24). The first kappa shape index (κ1) is 17.0. The van der Waals surface area contributed by atoms with Crippen LogP contribution in [0.5, 0.6) is 0 Å². The molecule has 130 valence electrons. The van der Waals surface area contributed by atoms with E-state index in [-0.39, 0.29) is 23.1 Å². The largest absolute Gasteiger partial charge is 0.348 e. The van der Waals surface area contributed by atoms with Crippen LogP contribution in [0.1, 0.15) is 33.7 Å². The molecule has 0 bridgehead atoms. The van der Waals surface area contributed by atoms with Gasteiger partial charge in [0.15, 0.2) is 11.5 Å². The van der Waals surface area contributed by atoms with E-state index in [1.807, 2.05) is 0 Å². The number of rotatable bonds is 4. The van der Waals surface area contributed by atoms with Gasteiger partial charge in [-0.1, -0.05) is 12.1 Å². The Bertz CT molecular complexity index is 777. The number of hydrogen-bond acceptors (Lipinski definition) is 5. The zero-order valence-electron chi connectivity index (χ0n) is 13.5. The van der Waals surface area contributed by atoms with E-state index >= 15 is 0 Å². The Morgan fingerprint density at radius 2 is 1.80 bits per heavy atom. The first-order chi connectivity index (χ1) is 12.1. The number of nitrogens with zero attached hydrogens (tertiary/aromatic N) is 2. The first-order valence-corrected chi connectivity index (χ1v) is 8.03. The molecule has 1 aromatic carbocycles. The minimum Gasteiger partial charge on any atom is -0.348 e. The molecule has 2 aromatic rings. The van der Waals surface area contributed by atoms with Crippen LogP contribution in [-0.2, 0) is 0 Å². The molecule has 0 aliphatic carbocycles. The Kier molecular flexibility index (Phi) is 5.30. The molecule has 3 N–H and O–H groups in total. The molecule has 0 radical (unpaired) electrons. The van der Waals surface area contributed by atoms with Gasteiger partial charge in [-0.05, 0) is 38.1 Å². The average molecular weight is 343 g/mol. The quantitative estimate of drug-likeness (QED) is 0.779. The van der Waals surface area contributed by atoms with E-state index in [0.717, 1.165) is 25.9 Å². The molecule has 8 heteroatoms. The maximum atomic E-state index is 13.7. The van der Waals surface area contributed by atoms with Crippen LogP contribution in [0.2, 0.25) is 0 Å². The maximum absolute atomic E-state index is 13.7. The minimum absolute atomic E-state index is 0.00203.